The van der Waals surface area contributed by atoms with E-state index in [0.29, 0.717) is 6.54 Å². The molecule has 2 heterocycles. The van der Waals surface area contributed by atoms with Gasteiger partial charge < -0.3 is 14.7 Å². The maximum absolute atomic E-state index is 5.17. The number of aryl methyl sites for hydroxylation is 3. The fourth-order valence-electron chi connectivity index (χ4n) is 2.11. The van der Waals surface area contributed by atoms with Crippen molar-refractivity contribution in [3.05, 3.63) is 33.1 Å². The third kappa shape index (κ3) is 4.67. The summed E-state index contributed by atoms with van der Waals surface area (Å²) >= 11 is 1.66. The van der Waals surface area contributed by atoms with Gasteiger partial charge >= 0.3 is 0 Å². The third-order valence-electron chi connectivity index (χ3n) is 3.24. The second-order valence-electron chi connectivity index (χ2n) is 4.92. The molecule has 0 saturated heterocycles. The molecule has 0 saturated carbocycles. The Kier molecular flexibility index (Phi) is 7.27. The first kappa shape index (κ1) is 18.9. The van der Waals surface area contributed by atoms with Crippen molar-refractivity contribution in [1.29, 1.82) is 0 Å². The minimum absolute atomic E-state index is 0. The summed E-state index contributed by atoms with van der Waals surface area (Å²) in [5, 5.41) is 10.4. The van der Waals surface area contributed by atoms with Gasteiger partial charge in [-0.15, -0.1) is 35.3 Å². The maximum atomic E-state index is 5.17. The molecule has 0 radical (unpaired) electrons. The highest BCUT2D eigenvalue weighted by atomic mass is 127. The van der Waals surface area contributed by atoms with Gasteiger partial charge in [0.2, 0.25) is 0 Å². The van der Waals surface area contributed by atoms with E-state index in [2.05, 4.69) is 25.8 Å². The van der Waals surface area contributed by atoms with Gasteiger partial charge in [-0.2, -0.15) is 0 Å². The summed E-state index contributed by atoms with van der Waals surface area (Å²) in [6.45, 7) is 7.25. The third-order valence-corrected chi connectivity index (χ3v) is 4.07. The van der Waals surface area contributed by atoms with Crippen molar-refractivity contribution in [2.75, 3.05) is 14.1 Å². The molecule has 0 aliphatic heterocycles. The van der Waals surface area contributed by atoms with Crippen molar-refractivity contribution in [3.63, 3.8) is 0 Å². The molecular weight excluding hydrogens is 413 g/mol. The van der Waals surface area contributed by atoms with Crippen LogP contribution in [0.4, 0.5) is 0 Å². The number of rotatable bonds is 4. The van der Waals surface area contributed by atoms with Gasteiger partial charge in [0.15, 0.2) is 5.96 Å². The Morgan fingerprint density at radius 2 is 2.14 bits per heavy atom. The lowest BCUT2D eigenvalue weighted by atomic mass is 10.2. The lowest BCUT2D eigenvalue weighted by molar-refractivity contribution is 0.392. The topological polar surface area (TPSA) is 66.6 Å². The van der Waals surface area contributed by atoms with E-state index in [1.807, 2.05) is 32.7 Å². The number of aliphatic imine (C=N–C) groups is 1. The van der Waals surface area contributed by atoms with E-state index in [4.69, 9.17) is 4.52 Å². The van der Waals surface area contributed by atoms with Crippen LogP contribution in [0.3, 0.4) is 0 Å². The fraction of sp³-hybridized carbons (Fsp3) is 0.500. The van der Waals surface area contributed by atoms with E-state index in [-0.39, 0.29) is 24.0 Å². The van der Waals surface area contributed by atoms with Crippen molar-refractivity contribution in [3.8, 4) is 0 Å². The van der Waals surface area contributed by atoms with E-state index < -0.39 is 0 Å². The predicted molar refractivity (Wildman–Crippen MR) is 99.9 cm³/mol. The molecule has 0 atom stereocenters. The van der Waals surface area contributed by atoms with Crippen molar-refractivity contribution in [2.24, 2.45) is 4.99 Å². The molecular formula is C14H22IN5OS. The number of hydrogen-bond donors (Lipinski definition) is 1. The summed E-state index contributed by atoms with van der Waals surface area (Å²) in [6.07, 6.45) is 0. The zero-order valence-electron chi connectivity index (χ0n) is 13.5. The smallest absolute Gasteiger partial charge is 0.194 e. The average molecular weight is 435 g/mol. The molecule has 0 unspecified atom stereocenters. The number of guanidine groups is 1. The molecule has 122 valence electrons. The number of halogens is 1. The number of nitrogens with zero attached hydrogens (tertiary/aromatic N) is 4. The average Bonchev–Trinajstić information content (AvgIpc) is 2.98. The molecule has 0 aromatic carbocycles. The molecule has 2 rings (SSSR count). The second kappa shape index (κ2) is 8.47. The predicted octanol–water partition coefficient (Wildman–Crippen LogP) is 2.88. The molecule has 22 heavy (non-hydrogen) atoms. The summed E-state index contributed by atoms with van der Waals surface area (Å²) in [4.78, 5) is 10.8. The molecule has 2 aromatic heterocycles. The van der Waals surface area contributed by atoms with Crippen LogP contribution >= 0.6 is 35.3 Å². The second-order valence-corrected chi connectivity index (χ2v) is 5.98. The van der Waals surface area contributed by atoms with E-state index in [1.165, 1.54) is 0 Å². The van der Waals surface area contributed by atoms with Crippen LogP contribution in [0, 0.1) is 20.8 Å². The van der Waals surface area contributed by atoms with Crippen molar-refractivity contribution >= 4 is 41.3 Å². The molecule has 2 aromatic rings. The molecule has 0 fully saturated rings. The SMILES string of the molecule is CN=C(NCc1c(C)noc1C)N(C)Cc1csc(C)n1.I. The fourth-order valence-corrected chi connectivity index (χ4v) is 2.71. The highest BCUT2D eigenvalue weighted by Gasteiger charge is 2.12. The quantitative estimate of drug-likeness (QED) is 0.455. The first-order chi connectivity index (χ1) is 10.0. The summed E-state index contributed by atoms with van der Waals surface area (Å²) in [5.41, 5.74) is 3.04. The van der Waals surface area contributed by atoms with Crippen LogP contribution in [-0.4, -0.2) is 35.1 Å². The van der Waals surface area contributed by atoms with Gasteiger partial charge in [0.25, 0.3) is 0 Å². The molecule has 6 nitrogen and oxygen atoms in total. The zero-order valence-corrected chi connectivity index (χ0v) is 16.7. The highest BCUT2D eigenvalue weighted by molar-refractivity contribution is 14.0. The van der Waals surface area contributed by atoms with Gasteiger partial charge in [-0.3, -0.25) is 4.99 Å². The van der Waals surface area contributed by atoms with Gasteiger partial charge in [-0.25, -0.2) is 4.98 Å². The lowest BCUT2D eigenvalue weighted by Gasteiger charge is -2.21. The Morgan fingerprint density at radius 1 is 1.41 bits per heavy atom. The standard InChI is InChI=1S/C14H21N5OS.HI/c1-9-13(10(2)20-18-9)6-16-14(15-4)19(5)7-12-8-21-11(3)17-12;/h8H,6-7H2,1-5H3,(H,15,16);1H. The number of hydrogen-bond acceptors (Lipinski definition) is 5. The van der Waals surface area contributed by atoms with Crippen LogP contribution in [0.1, 0.15) is 27.7 Å². The Bertz CT molecular complexity index is 617. The first-order valence-corrected chi connectivity index (χ1v) is 7.63. The summed E-state index contributed by atoms with van der Waals surface area (Å²) in [6, 6.07) is 0. The minimum Gasteiger partial charge on any atom is -0.361 e. The molecule has 0 bridgehead atoms. The zero-order chi connectivity index (χ0) is 15.4. The summed E-state index contributed by atoms with van der Waals surface area (Å²) < 4.78 is 5.17. The molecule has 8 heteroatoms. The van der Waals surface area contributed by atoms with Gasteiger partial charge in [-0.05, 0) is 20.8 Å². The largest absolute Gasteiger partial charge is 0.361 e. The van der Waals surface area contributed by atoms with E-state index in [9.17, 15) is 0 Å². The number of nitrogens with one attached hydrogen (secondary N) is 1. The van der Waals surface area contributed by atoms with E-state index in [1.54, 1.807) is 18.4 Å². The van der Waals surface area contributed by atoms with Gasteiger partial charge in [0.05, 0.1) is 22.9 Å². The minimum atomic E-state index is 0. The maximum Gasteiger partial charge on any atom is 0.194 e. The van der Waals surface area contributed by atoms with E-state index in [0.717, 1.165) is 40.2 Å². The van der Waals surface area contributed by atoms with Gasteiger partial charge in [-0.1, -0.05) is 5.16 Å². The summed E-state index contributed by atoms with van der Waals surface area (Å²) in [7, 11) is 3.77. The van der Waals surface area contributed by atoms with Crippen molar-refractivity contribution in [2.45, 2.75) is 33.9 Å². The van der Waals surface area contributed by atoms with Crippen LogP contribution in [0.2, 0.25) is 0 Å². The van der Waals surface area contributed by atoms with Crippen LogP contribution in [0.5, 0.6) is 0 Å². The van der Waals surface area contributed by atoms with E-state index >= 15 is 0 Å². The normalized spacial score (nSPS) is 11.2. The van der Waals surface area contributed by atoms with Gasteiger partial charge in [0.1, 0.15) is 5.76 Å². The molecule has 0 aliphatic carbocycles. The molecule has 0 spiro atoms. The highest BCUT2D eigenvalue weighted by Crippen LogP contribution is 2.12. The van der Waals surface area contributed by atoms with Crippen molar-refractivity contribution in [1.82, 2.24) is 20.4 Å². The van der Waals surface area contributed by atoms with Crippen LogP contribution in [-0.2, 0) is 13.1 Å². The number of aromatic nitrogens is 2. The van der Waals surface area contributed by atoms with Crippen LogP contribution < -0.4 is 5.32 Å². The monoisotopic (exact) mass is 435 g/mol. The molecule has 1 N–H and O–H groups in total. The van der Waals surface area contributed by atoms with Crippen molar-refractivity contribution < 1.29 is 4.52 Å². The van der Waals surface area contributed by atoms with Crippen LogP contribution in [0.25, 0.3) is 0 Å². The molecule has 0 amide bonds. The molecule has 0 aliphatic rings. The Balaban J connectivity index is 0.00000242. The van der Waals surface area contributed by atoms with Crippen LogP contribution in [0.15, 0.2) is 14.9 Å². The Labute approximate surface area is 152 Å². The first-order valence-electron chi connectivity index (χ1n) is 6.75. The Morgan fingerprint density at radius 3 is 2.64 bits per heavy atom. The lowest BCUT2D eigenvalue weighted by Crippen LogP contribution is -2.38. The van der Waals surface area contributed by atoms with Gasteiger partial charge in [0, 0.05) is 31.6 Å². The Hall–Kier alpha value is -1.16. The number of thiazole rings is 1. The summed E-state index contributed by atoms with van der Waals surface area (Å²) in [5.74, 6) is 1.66.